The zero-order valence-electron chi connectivity index (χ0n) is 12.2. The monoisotopic (exact) mass is 321 g/mol. The Labute approximate surface area is 133 Å². The van der Waals surface area contributed by atoms with Crippen LogP contribution < -0.4 is 0 Å². The molecule has 2 aliphatic heterocycles. The predicted octanol–water partition coefficient (Wildman–Crippen LogP) is 1.20. The number of aliphatic hydroxyl groups is 1. The summed E-state index contributed by atoms with van der Waals surface area (Å²) in [4.78, 5) is 25.9. The van der Waals surface area contributed by atoms with Crippen LogP contribution in [0.4, 0.5) is 0 Å². The van der Waals surface area contributed by atoms with Crippen molar-refractivity contribution in [2.45, 2.75) is 36.8 Å². The lowest BCUT2D eigenvalue weighted by molar-refractivity contribution is -0.161. The molecule has 0 radical (unpaired) electrons. The van der Waals surface area contributed by atoms with Gasteiger partial charge in [-0.2, -0.15) is 11.8 Å². The fourth-order valence-electron chi connectivity index (χ4n) is 3.09. The third-order valence-corrected chi connectivity index (χ3v) is 5.43. The van der Waals surface area contributed by atoms with Crippen LogP contribution in [0.1, 0.15) is 18.4 Å². The number of carbonyl (C=O) groups excluding carboxylic acids is 2. The topological polar surface area (TPSA) is 66.8 Å². The van der Waals surface area contributed by atoms with Gasteiger partial charge in [-0.3, -0.25) is 4.79 Å². The molecule has 22 heavy (non-hydrogen) atoms. The fraction of sp³-hybridized carbons (Fsp3) is 0.500. The van der Waals surface area contributed by atoms with Gasteiger partial charge in [0.05, 0.1) is 6.61 Å². The van der Waals surface area contributed by atoms with Gasteiger partial charge in [0.2, 0.25) is 5.91 Å². The summed E-state index contributed by atoms with van der Waals surface area (Å²) in [6, 6.07) is 9.16. The molecule has 1 unspecified atom stereocenters. The average molecular weight is 321 g/mol. The number of hydrogen-bond donors (Lipinski definition) is 1. The molecular formula is C16H19NO4S. The number of nitrogens with zero attached hydrogens (tertiary/aromatic N) is 1. The van der Waals surface area contributed by atoms with Crippen LogP contribution in [0.15, 0.2) is 30.3 Å². The minimum atomic E-state index is -0.508. The average Bonchev–Trinajstić information content (AvgIpc) is 2.83. The van der Waals surface area contributed by atoms with Gasteiger partial charge in [0.15, 0.2) is 0 Å². The Morgan fingerprint density at radius 2 is 2.14 bits per heavy atom. The van der Waals surface area contributed by atoms with Crippen LogP contribution in [0.2, 0.25) is 0 Å². The molecule has 1 aromatic rings. The Kier molecular flexibility index (Phi) is 4.69. The number of rotatable bonds is 6. The number of ether oxygens (including phenoxy) is 1. The Balaban J connectivity index is 1.64. The number of carbonyl (C=O) groups is 2. The molecule has 2 saturated heterocycles. The molecule has 118 valence electrons. The van der Waals surface area contributed by atoms with Crippen molar-refractivity contribution in [2.24, 2.45) is 0 Å². The minimum absolute atomic E-state index is 0.0203. The Hall–Kier alpha value is -1.53. The maximum absolute atomic E-state index is 12.4. The van der Waals surface area contributed by atoms with Gasteiger partial charge in [0.25, 0.3) is 0 Å². The second-order valence-electron chi connectivity index (χ2n) is 5.57. The lowest BCUT2D eigenvalue weighted by Gasteiger charge is -2.37. The quantitative estimate of drug-likeness (QED) is 0.630. The van der Waals surface area contributed by atoms with Crippen LogP contribution in [0.3, 0.4) is 0 Å². The summed E-state index contributed by atoms with van der Waals surface area (Å²) >= 11 is 1.55. The molecule has 1 amide bonds. The number of esters is 1. The highest BCUT2D eigenvalue weighted by molar-refractivity contribution is 8.00. The van der Waals surface area contributed by atoms with E-state index in [0.29, 0.717) is 12.2 Å². The molecule has 1 N–H and O–H groups in total. The first-order chi connectivity index (χ1) is 10.7. The van der Waals surface area contributed by atoms with Gasteiger partial charge >= 0.3 is 5.97 Å². The summed E-state index contributed by atoms with van der Waals surface area (Å²) < 4.78 is 5.41. The highest BCUT2D eigenvalue weighted by Gasteiger charge is 2.54. The molecule has 5 nitrogen and oxygen atoms in total. The number of aliphatic hydroxyl groups excluding tert-OH is 1. The van der Waals surface area contributed by atoms with Gasteiger partial charge in [0, 0.05) is 23.5 Å². The summed E-state index contributed by atoms with van der Waals surface area (Å²) in [6.45, 7) is 0.297. The van der Waals surface area contributed by atoms with E-state index < -0.39 is 6.04 Å². The lowest BCUT2D eigenvalue weighted by atomic mass is 10.0. The Bertz CT molecular complexity index is 550. The second kappa shape index (κ2) is 6.71. The van der Waals surface area contributed by atoms with Crippen molar-refractivity contribution < 1.29 is 19.4 Å². The van der Waals surface area contributed by atoms with E-state index in [0.717, 1.165) is 12.0 Å². The van der Waals surface area contributed by atoms with E-state index in [9.17, 15) is 9.59 Å². The van der Waals surface area contributed by atoms with Crippen LogP contribution in [-0.2, 0) is 20.9 Å². The van der Waals surface area contributed by atoms with E-state index in [4.69, 9.17) is 9.84 Å². The summed E-state index contributed by atoms with van der Waals surface area (Å²) in [5.41, 5.74) is 0.930. The number of amides is 1. The van der Waals surface area contributed by atoms with Crippen molar-refractivity contribution in [2.75, 3.05) is 12.4 Å². The number of thioether (sulfide) groups is 1. The van der Waals surface area contributed by atoms with Crippen LogP contribution >= 0.6 is 11.8 Å². The van der Waals surface area contributed by atoms with E-state index in [1.807, 2.05) is 30.3 Å². The van der Waals surface area contributed by atoms with Crippen LogP contribution in [-0.4, -0.2) is 51.6 Å². The predicted molar refractivity (Wildman–Crippen MR) is 83.2 cm³/mol. The first-order valence-electron chi connectivity index (χ1n) is 7.45. The fourth-order valence-corrected chi connectivity index (χ4v) is 4.29. The molecule has 2 heterocycles. The summed E-state index contributed by atoms with van der Waals surface area (Å²) in [6.07, 6.45) is 1.33. The third kappa shape index (κ3) is 2.98. The molecule has 0 saturated carbocycles. The van der Waals surface area contributed by atoms with Crippen molar-refractivity contribution in [3.05, 3.63) is 35.9 Å². The Morgan fingerprint density at radius 1 is 1.36 bits per heavy atom. The normalized spacial score (nSPS) is 26.5. The van der Waals surface area contributed by atoms with E-state index in [1.54, 1.807) is 16.7 Å². The second-order valence-corrected chi connectivity index (χ2v) is 6.91. The molecule has 0 aromatic heterocycles. The van der Waals surface area contributed by atoms with E-state index in [-0.39, 0.29) is 36.4 Å². The SMILES string of the molecule is O=C(OCc1ccccc1)[C@@H]1[C@@H](SCCO)CC2CC(=O)N21. The summed E-state index contributed by atoms with van der Waals surface area (Å²) in [5.74, 6) is 0.260. The van der Waals surface area contributed by atoms with Gasteiger partial charge < -0.3 is 14.7 Å². The van der Waals surface area contributed by atoms with Crippen LogP contribution in [0.25, 0.3) is 0 Å². The number of benzene rings is 1. The largest absolute Gasteiger partial charge is 0.459 e. The van der Waals surface area contributed by atoms with Gasteiger partial charge in [0.1, 0.15) is 12.6 Å². The van der Waals surface area contributed by atoms with Crippen molar-refractivity contribution >= 4 is 23.6 Å². The van der Waals surface area contributed by atoms with Crippen molar-refractivity contribution in [3.63, 3.8) is 0 Å². The highest BCUT2D eigenvalue weighted by Crippen LogP contribution is 2.41. The zero-order valence-corrected chi connectivity index (χ0v) is 13.0. The standard InChI is InChI=1S/C16H19NO4S/c18-6-7-22-13-8-12-9-14(19)17(12)15(13)16(20)21-10-11-4-2-1-3-5-11/h1-5,12-13,15,18H,6-10H2/t12?,13-,15-/m0/s1. The number of fused-ring (bicyclic) bond motifs is 1. The highest BCUT2D eigenvalue weighted by atomic mass is 32.2. The molecule has 6 heteroatoms. The van der Waals surface area contributed by atoms with Crippen LogP contribution in [0.5, 0.6) is 0 Å². The maximum Gasteiger partial charge on any atom is 0.330 e. The molecule has 0 spiro atoms. The molecular weight excluding hydrogens is 302 g/mol. The van der Waals surface area contributed by atoms with Gasteiger partial charge in [-0.05, 0) is 12.0 Å². The Morgan fingerprint density at radius 3 is 2.82 bits per heavy atom. The first-order valence-corrected chi connectivity index (χ1v) is 8.49. The molecule has 3 rings (SSSR count). The molecule has 0 aliphatic carbocycles. The van der Waals surface area contributed by atoms with Crippen LogP contribution in [0, 0.1) is 0 Å². The molecule has 3 atom stereocenters. The smallest absolute Gasteiger partial charge is 0.330 e. The van der Waals surface area contributed by atoms with Crippen molar-refractivity contribution in [1.82, 2.24) is 4.90 Å². The molecule has 2 fully saturated rings. The first kappa shape index (κ1) is 15.4. The number of β-lactam (4-membered cyclic amide) rings is 1. The van der Waals surface area contributed by atoms with E-state index in [2.05, 4.69) is 0 Å². The van der Waals surface area contributed by atoms with E-state index >= 15 is 0 Å². The van der Waals surface area contributed by atoms with Gasteiger partial charge in [-0.1, -0.05) is 30.3 Å². The minimum Gasteiger partial charge on any atom is -0.459 e. The molecule has 2 aliphatic rings. The van der Waals surface area contributed by atoms with E-state index in [1.165, 1.54) is 0 Å². The zero-order chi connectivity index (χ0) is 15.5. The molecule has 0 bridgehead atoms. The maximum atomic E-state index is 12.4. The van der Waals surface area contributed by atoms with Gasteiger partial charge in [-0.15, -0.1) is 0 Å². The van der Waals surface area contributed by atoms with Crippen molar-refractivity contribution in [1.29, 1.82) is 0 Å². The van der Waals surface area contributed by atoms with Crippen molar-refractivity contribution in [3.8, 4) is 0 Å². The van der Waals surface area contributed by atoms with Gasteiger partial charge in [-0.25, -0.2) is 4.79 Å². The third-order valence-electron chi connectivity index (χ3n) is 4.14. The molecule has 1 aromatic carbocycles. The number of hydrogen-bond acceptors (Lipinski definition) is 5. The summed E-state index contributed by atoms with van der Waals surface area (Å²) in [5, 5.41) is 9.01. The summed E-state index contributed by atoms with van der Waals surface area (Å²) in [7, 11) is 0. The lowest BCUT2D eigenvalue weighted by Crippen LogP contribution is -2.55.